The summed E-state index contributed by atoms with van der Waals surface area (Å²) in [6.45, 7) is 2.19. The van der Waals surface area contributed by atoms with Crippen molar-refractivity contribution in [3.8, 4) is 0 Å². The topological polar surface area (TPSA) is 75.3 Å². The highest BCUT2D eigenvalue weighted by molar-refractivity contribution is 7.89. The van der Waals surface area contributed by atoms with Crippen molar-refractivity contribution < 1.29 is 13.2 Å². The van der Waals surface area contributed by atoms with Gasteiger partial charge in [-0.15, -0.1) is 0 Å². The third-order valence-electron chi connectivity index (χ3n) is 3.89. The number of carbonyl (C=O) groups is 1. The lowest BCUT2D eigenvalue weighted by Gasteiger charge is -2.08. The molecule has 0 aromatic heterocycles. The number of amides is 1. The van der Waals surface area contributed by atoms with Crippen molar-refractivity contribution in [3.05, 3.63) is 65.2 Å². The number of nitrogens with one attached hydrogen (secondary N) is 2. The fraction of sp³-hybridized carbons (Fsp3) is 0.278. The summed E-state index contributed by atoms with van der Waals surface area (Å²) < 4.78 is 27.3. The molecule has 1 aliphatic carbocycles. The molecule has 2 N–H and O–H groups in total. The molecular formula is C18H20N2O3S. The van der Waals surface area contributed by atoms with Crippen molar-refractivity contribution in [1.82, 2.24) is 10.0 Å². The largest absolute Gasteiger partial charge is 0.349 e. The van der Waals surface area contributed by atoms with Crippen molar-refractivity contribution >= 4 is 15.9 Å². The van der Waals surface area contributed by atoms with Gasteiger partial charge in [-0.1, -0.05) is 29.8 Å². The van der Waals surface area contributed by atoms with Crippen LogP contribution in [0.2, 0.25) is 0 Å². The van der Waals surface area contributed by atoms with E-state index in [1.54, 1.807) is 12.1 Å². The molecule has 0 spiro atoms. The number of rotatable bonds is 6. The van der Waals surface area contributed by atoms with Gasteiger partial charge in [0.2, 0.25) is 10.0 Å². The van der Waals surface area contributed by atoms with Gasteiger partial charge in [0.15, 0.2) is 0 Å². The maximum Gasteiger partial charge on any atom is 0.251 e. The van der Waals surface area contributed by atoms with Crippen LogP contribution in [-0.2, 0) is 16.6 Å². The maximum atomic E-state index is 12.3. The molecule has 0 bridgehead atoms. The molecule has 6 heteroatoms. The summed E-state index contributed by atoms with van der Waals surface area (Å²) in [5.74, 6) is -0.158. The summed E-state index contributed by atoms with van der Waals surface area (Å²) in [6.07, 6.45) is 2.03. The second-order valence-electron chi connectivity index (χ2n) is 6.09. The second kappa shape index (κ2) is 6.75. The molecule has 0 saturated heterocycles. The van der Waals surface area contributed by atoms with E-state index in [4.69, 9.17) is 0 Å². The average Bonchev–Trinajstić information content (AvgIpc) is 3.37. The molecule has 1 saturated carbocycles. The number of hydrogen-bond acceptors (Lipinski definition) is 3. The van der Waals surface area contributed by atoms with E-state index in [1.165, 1.54) is 12.1 Å². The molecule has 3 rings (SSSR count). The maximum absolute atomic E-state index is 12.3. The van der Waals surface area contributed by atoms with E-state index in [-0.39, 0.29) is 23.4 Å². The summed E-state index contributed by atoms with van der Waals surface area (Å²) in [6, 6.07) is 13.9. The summed E-state index contributed by atoms with van der Waals surface area (Å²) in [7, 11) is -3.61. The minimum Gasteiger partial charge on any atom is -0.349 e. The summed E-state index contributed by atoms with van der Waals surface area (Å²) in [4.78, 5) is 12.1. The minimum atomic E-state index is -3.61. The standard InChI is InChI=1S/C18H20N2O3S/c1-13-3-2-4-14(11-13)12-19-24(22,23)17-9-5-15(6-10-17)18(21)20-16-7-8-16/h2-6,9-11,16,19H,7-8,12H2,1H3,(H,20,21). The van der Waals surface area contributed by atoms with Gasteiger partial charge in [-0.05, 0) is 49.6 Å². The van der Waals surface area contributed by atoms with Gasteiger partial charge in [0.05, 0.1) is 4.90 Å². The number of sulfonamides is 1. The van der Waals surface area contributed by atoms with Crippen molar-refractivity contribution in [2.24, 2.45) is 0 Å². The quantitative estimate of drug-likeness (QED) is 0.845. The van der Waals surface area contributed by atoms with Crippen molar-refractivity contribution in [1.29, 1.82) is 0 Å². The van der Waals surface area contributed by atoms with Crippen LogP contribution in [0.5, 0.6) is 0 Å². The number of benzene rings is 2. The number of aryl methyl sites for hydroxylation is 1. The fourth-order valence-electron chi connectivity index (χ4n) is 2.37. The SMILES string of the molecule is Cc1cccc(CNS(=O)(=O)c2ccc(C(=O)NC3CC3)cc2)c1. The molecule has 0 radical (unpaired) electrons. The third-order valence-corrected chi connectivity index (χ3v) is 5.31. The van der Waals surface area contributed by atoms with Crippen molar-refractivity contribution in [2.75, 3.05) is 0 Å². The molecule has 5 nitrogen and oxygen atoms in total. The van der Waals surface area contributed by atoms with Gasteiger partial charge in [-0.3, -0.25) is 4.79 Å². The number of carbonyl (C=O) groups excluding carboxylic acids is 1. The zero-order chi connectivity index (χ0) is 17.2. The Morgan fingerprint density at radius 1 is 1.12 bits per heavy atom. The van der Waals surface area contributed by atoms with Gasteiger partial charge in [-0.2, -0.15) is 0 Å². The van der Waals surface area contributed by atoms with Crippen LogP contribution in [0.4, 0.5) is 0 Å². The minimum absolute atomic E-state index is 0.151. The Balaban J connectivity index is 1.66. The molecule has 1 fully saturated rings. The van der Waals surface area contributed by atoms with Crippen LogP contribution in [0.3, 0.4) is 0 Å². The van der Waals surface area contributed by atoms with Crippen LogP contribution >= 0.6 is 0 Å². The normalized spacial score (nSPS) is 14.4. The Kier molecular flexibility index (Phi) is 4.69. The van der Waals surface area contributed by atoms with Crippen LogP contribution in [0, 0.1) is 6.92 Å². The van der Waals surface area contributed by atoms with Crippen LogP contribution in [-0.4, -0.2) is 20.4 Å². The van der Waals surface area contributed by atoms with E-state index in [0.717, 1.165) is 24.0 Å². The van der Waals surface area contributed by atoms with E-state index >= 15 is 0 Å². The Labute approximate surface area is 142 Å². The first-order valence-corrected chi connectivity index (χ1v) is 9.38. The lowest BCUT2D eigenvalue weighted by atomic mass is 10.1. The van der Waals surface area contributed by atoms with Gasteiger partial charge in [0.25, 0.3) is 5.91 Å². The molecule has 2 aromatic rings. The van der Waals surface area contributed by atoms with Crippen LogP contribution < -0.4 is 10.0 Å². The first-order valence-electron chi connectivity index (χ1n) is 7.90. The van der Waals surface area contributed by atoms with Gasteiger partial charge in [0, 0.05) is 18.2 Å². The highest BCUT2D eigenvalue weighted by Crippen LogP contribution is 2.19. The van der Waals surface area contributed by atoms with Gasteiger partial charge in [0.1, 0.15) is 0 Å². The third kappa shape index (κ3) is 4.21. The Morgan fingerprint density at radius 3 is 2.46 bits per heavy atom. The zero-order valence-corrected chi connectivity index (χ0v) is 14.3. The predicted molar refractivity (Wildman–Crippen MR) is 92.1 cm³/mol. The Morgan fingerprint density at radius 2 is 1.83 bits per heavy atom. The first-order chi connectivity index (χ1) is 11.4. The monoisotopic (exact) mass is 344 g/mol. The van der Waals surface area contributed by atoms with E-state index in [1.807, 2.05) is 31.2 Å². The molecule has 0 heterocycles. The molecule has 0 unspecified atom stereocenters. The molecule has 0 atom stereocenters. The summed E-state index contributed by atoms with van der Waals surface area (Å²) in [5.41, 5.74) is 2.45. The van der Waals surface area contributed by atoms with Gasteiger partial charge < -0.3 is 5.32 Å². The van der Waals surface area contributed by atoms with Crippen LogP contribution in [0.25, 0.3) is 0 Å². The van der Waals surface area contributed by atoms with E-state index in [2.05, 4.69) is 10.0 Å². The smallest absolute Gasteiger partial charge is 0.251 e. The lowest BCUT2D eigenvalue weighted by molar-refractivity contribution is 0.0951. The fourth-order valence-corrected chi connectivity index (χ4v) is 3.38. The predicted octanol–water partition coefficient (Wildman–Crippen LogP) is 2.37. The summed E-state index contributed by atoms with van der Waals surface area (Å²) >= 11 is 0. The molecule has 126 valence electrons. The molecular weight excluding hydrogens is 324 g/mol. The van der Waals surface area contributed by atoms with E-state index < -0.39 is 10.0 Å². The van der Waals surface area contributed by atoms with Crippen LogP contribution in [0.15, 0.2) is 53.4 Å². The highest BCUT2D eigenvalue weighted by atomic mass is 32.2. The first kappa shape index (κ1) is 16.7. The van der Waals surface area contributed by atoms with Gasteiger partial charge in [-0.25, -0.2) is 13.1 Å². The Bertz CT molecular complexity index is 841. The van der Waals surface area contributed by atoms with Crippen molar-refractivity contribution in [2.45, 2.75) is 37.2 Å². The molecule has 1 amide bonds. The van der Waals surface area contributed by atoms with E-state index in [9.17, 15) is 13.2 Å². The molecule has 1 aliphatic rings. The second-order valence-corrected chi connectivity index (χ2v) is 7.85. The van der Waals surface area contributed by atoms with E-state index in [0.29, 0.717) is 5.56 Å². The van der Waals surface area contributed by atoms with Gasteiger partial charge >= 0.3 is 0 Å². The molecule has 24 heavy (non-hydrogen) atoms. The van der Waals surface area contributed by atoms with Crippen molar-refractivity contribution in [3.63, 3.8) is 0 Å². The Hall–Kier alpha value is -2.18. The molecule has 2 aromatic carbocycles. The highest BCUT2D eigenvalue weighted by Gasteiger charge is 2.24. The summed E-state index contributed by atoms with van der Waals surface area (Å²) in [5, 5.41) is 2.88. The average molecular weight is 344 g/mol. The van der Waals surface area contributed by atoms with Crippen LogP contribution in [0.1, 0.15) is 34.3 Å². The molecule has 0 aliphatic heterocycles. The lowest BCUT2D eigenvalue weighted by Crippen LogP contribution is -2.26. The zero-order valence-electron chi connectivity index (χ0n) is 13.5. The number of hydrogen-bond donors (Lipinski definition) is 2.